The van der Waals surface area contributed by atoms with Gasteiger partial charge in [0.15, 0.2) is 0 Å². The highest BCUT2D eigenvalue weighted by atomic mass is 32.2. The van der Waals surface area contributed by atoms with E-state index in [0.29, 0.717) is 24.9 Å². The van der Waals surface area contributed by atoms with Crippen molar-refractivity contribution >= 4 is 10.0 Å². The molecule has 0 bridgehead atoms. The Labute approximate surface area is 85.5 Å². The molecular weight excluding hydrogens is 200 g/mol. The summed E-state index contributed by atoms with van der Waals surface area (Å²) < 4.78 is 24.9. The molecule has 3 unspecified atom stereocenters. The van der Waals surface area contributed by atoms with E-state index in [0.717, 1.165) is 12.8 Å². The Kier molecular flexibility index (Phi) is 2.57. The molecule has 1 saturated heterocycles. The van der Waals surface area contributed by atoms with Gasteiger partial charge in [0.25, 0.3) is 0 Å². The molecule has 1 heterocycles. The molecule has 1 aliphatic carbocycles. The van der Waals surface area contributed by atoms with Crippen molar-refractivity contribution in [3.05, 3.63) is 0 Å². The minimum absolute atomic E-state index is 0.210. The molecule has 0 aromatic rings. The van der Waals surface area contributed by atoms with Gasteiger partial charge >= 0.3 is 0 Å². The predicted molar refractivity (Wildman–Crippen MR) is 55.2 cm³/mol. The number of hydrogen-bond acceptors (Lipinski definition) is 3. The molecular formula is C9H18N2O2S. The summed E-state index contributed by atoms with van der Waals surface area (Å²) in [5, 5.41) is 0. The lowest BCUT2D eigenvalue weighted by Crippen LogP contribution is -2.34. The summed E-state index contributed by atoms with van der Waals surface area (Å²) in [6.07, 6.45) is 2.16. The Morgan fingerprint density at radius 3 is 2.64 bits per heavy atom. The Balaban J connectivity index is 2.09. The molecule has 82 valence electrons. The number of hydrogen-bond donors (Lipinski definition) is 1. The van der Waals surface area contributed by atoms with Crippen LogP contribution in [-0.2, 0) is 10.0 Å². The van der Waals surface area contributed by atoms with Gasteiger partial charge in [-0.2, -0.15) is 0 Å². The zero-order valence-electron chi connectivity index (χ0n) is 8.52. The molecule has 0 aromatic heterocycles. The SMILES string of the molecule is CCS(=O)(=O)N1CC2CCC(N)C2C1. The molecule has 1 aliphatic heterocycles. The maximum absolute atomic E-state index is 11.6. The first-order chi connectivity index (χ1) is 6.54. The van der Waals surface area contributed by atoms with Gasteiger partial charge in [-0.3, -0.25) is 0 Å². The lowest BCUT2D eigenvalue weighted by atomic mass is 9.98. The molecule has 2 N–H and O–H groups in total. The van der Waals surface area contributed by atoms with E-state index in [1.165, 1.54) is 0 Å². The maximum atomic E-state index is 11.6. The minimum atomic E-state index is -2.99. The van der Waals surface area contributed by atoms with E-state index in [1.807, 2.05) is 0 Å². The van der Waals surface area contributed by atoms with Crippen molar-refractivity contribution in [1.29, 1.82) is 0 Å². The third kappa shape index (κ3) is 1.57. The fourth-order valence-corrected chi connectivity index (χ4v) is 3.86. The molecule has 2 fully saturated rings. The summed E-state index contributed by atoms with van der Waals surface area (Å²) in [7, 11) is -2.99. The molecule has 2 aliphatic rings. The fraction of sp³-hybridized carbons (Fsp3) is 1.00. The molecule has 0 aromatic carbocycles. The summed E-state index contributed by atoms with van der Waals surface area (Å²) in [4.78, 5) is 0. The van der Waals surface area contributed by atoms with Gasteiger partial charge in [0.1, 0.15) is 0 Å². The normalized spacial score (nSPS) is 38.9. The van der Waals surface area contributed by atoms with Crippen LogP contribution >= 0.6 is 0 Å². The van der Waals surface area contributed by atoms with E-state index < -0.39 is 10.0 Å². The van der Waals surface area contributed by atoms with Crippen LogP contribution in [0.25, 0.3) is 0 Å². The highest BCUT2D eigenvalue weighted by Crippen LogP contribution is 2.38. The smallest absolute Gasteiger partial charge is 0.213 e. The third-order valence-corrected chi connectivity index (χ3v) is 5.45. The van der Waals surface area contributed by atoms with Gasteiger partial charge in [-0.25, -0.2) is 12.7 Å². The van der Waals surface area contributed by atoms with E-state index in [1.54, 1.807) is 11.2 Å². The zero-order chi connectivity index (χ0) is 10.3. The van der Waals surface area contributed by atoms with Gasteiger partial charge in [0.05, 0.1) is 5.75 Å². The van der Waals surface area contributed by atoms with E-state index in [-0.39, 0.29) is 11.8 Å². The number of sulfonamides is 1. The predicted octanol–water partition coefficient (Wildman–Crippen LogP) is 0.00520. The summed E-state index contributed by atoms with van der Waals surface area (Å²) in [5.74, 6) is 1.14. The monoisotopic (exact) mass is 218 g/mol. The number of fused-ring (bicyclic) bond motifs is 1. The quantitative estimate of drug-likeness (QED) is 0.710. The Morgan fingerprint density at radius 2 is 2.07 bits per heavy atom. The van der Waals surface area contributed by atoms with Crippen molar-refractivity contribution in [3.63, 3.8) is 0 Å². The number of nitrogens with zero attached hydrogens (tertiary/aromatic N) is 1. The number of rotatable bonds is 2. The van der Waals surface area contributed by atoms with Crippen LogP contribution < -0.4 is 5.73 Å². The van der Waals surface area contributed by atoms with Crippen LogP contribution in [0.5, 0.6) is 0 Å². The van der Waals surface area contributed by atoms with Crippen molar-refractivity contribution in [2.24, 2.45) is 17.6 Å². The van der Waals surface area contributed by atoms with Crippen LogP contribution in [-0.4, -0.2) is 37.6 Å². The average molecular weight is 218 g/mol. The van der Waals surface area contributed by atoms with E-state index in [9.17, 15) is 8.42 Å². The average Bonchev–Trinajstić information content (AvgIpc) is 2.69. The van der Waals surface area contributed by atoms with Crippen molar-refractivity contribution in [2.75, 3.05) is 18.8 Å². The number of nitrogens with two attached hydrogens (primary N) is 1. The maximum Gasteiger partial charge on any atom is 0.213 e. The topological polar surface area (TPSA) is 63.4 Å². The first-order valence-electron chi connectivity index (χ1n) is 5.28. The van der Waals surface area contributed by atoms with Crippen LogP contribution in [0.15, 0.2) is 0 Å². The molecule has 1 saturated carbocycles. The Morgan fingerprint density at radius 1 is 1.36 bits per heavy atom. The van der Waals surface area contributed by atoms with Crippen LogP contribution in [0.1, 0.15) is 19.8 Å². The first-order valence-corrected chi connectivity index (χ1v) is 6.89. The molecule has 2 rings (SSSR count). The second kappa shape index (κ2) is 3.47. The molecule has 0 amide bonds. The molecule has 0 radical (unpaired) electrons. The molecule has 0 spiro atoms. The molecule has 4 nitrogen and oxygen atoms in total. The third-order valence-electron chi connectivity index (χ3n) is 3.64. The van der Waals surface area contributed by atoms with Crippen LogP contribution in [0.2, 0.25) is 0 Å². The van der Waals surface area contributed by atoms with Crippen LogP contribution in [0, 0.1) is 11.8 Å². The van der Waals surface area contributed by atoms with Gasteiger partial charge < -0.3 is 5.73 Å². The second-order valence-electron chi connectivity index (χ2n) is 4.38. The largest absolute Gasteiger partial charge is 0.327 e. The van der Waals surface area contributed by atoms with Gasteiger partial charge in [0, 0.05) is 19.1 Å². The molecule has 3 atom stereocenters. The van der Waals surface area contributed by atoms with Crippen LogP contribution in [0.4, 0.5) is 0 Å². The second-order valence-corrected chi connectivity index (χ2v) is 6.64. The first kappa shape index (κ1) is 10.4. The van der Waals surface area contributed by atoms with Gasteiger partial charge in [-0.05, 0) is 31.6 Å². The van der Waals surface area contributed by atoms with E-state index >= 15 is 0 Å². The van der Waals surface area contributed by atoms with Crippen LogP contribution in [0.3, 0.4) is 0 Å². The summed E-state index contributed by atoms with van der Waals surface area (Å²) in [6, 6.07) is 0.219. The fourth-order valence-electron chi connectivity index (χ4n) is 2.68. The van der Waals surface area contributed by atoms with Crippen molar-refractivity contribution in [3.8, 4) is 0 Å². The Bertz CT molecular complexity index is 315. The van der Waals surface area contributed by atoms with Gasteiger partial charge in [0.2, 0.25) is 10.0 Å². The standard InChI is InChI=1S/C9H18N2O2S/c1-2-14(12,13)11-5-7-3-4-9(10)8(7)6-11/h7-9H,2-6,10H2,1H3. The summed E-state index contributed by atoms with van der Waals surface area (Å²) in [5.41, 5.74) is 5.95. The van der Waals surface area contributed by atoms with Crippen molar-refractivity contribution in [1.82, 2.24) is 4.31 Å². The highest BCUT2D eigenvalue weighted by Gasteiger charge is 2.44. The van der Waals surface area contributed by atoms with Crippen molar-refractivity contribution in [2.45, 2.75) is 25.8 Å². The minimum Gasteiger partial charge on any atom is -0.327 e. The highest BCUT2D eigenvalue weighted by molar-refractivity contribution is 7.89. The summed E-state index contributed by atoms with van der Waals surface area (Å²) >= 11 is 0. The van der Waals surface area contributed by atoms with E-state index in [4.69, 9.17) is 5.73 Å². The molecule has 5 heteroatoms. The zero-order valence-corrected chi connectivity index (χ0v) is 9.33. The lowest BCUT2D eigenvalue weighted by Gasteiger charge is -2.17. The molecule has 14 heavy (non-hydrogen) atoms. The van der Waals surface area contributed by atoms with E-state index in [2.05, 4.69) is 0 Å². The summed E-state index contributed by atoms with van der Waals surface area (Å²) in [6.45, 7) is 3.06. The lowest BCUT2D eigenvalue weighted by molar-refractivity contribution is 0.427. The van der Waals surface area contributed by atoms with Gasteiger partial charge in [-0.1, -0.05) is 0 Å². The van der Waals surface area contributed by atoms with Crippen molar-refractivity contribution < 1.29 is 8.42 Å². The van der Waals surface area contributed by atoms with Gasteiger partial charge in [-0.15, -0.1) is 0 Å². The Hall–Kier alpha value is -0.130.